The molecule has 1 nitrogen and oxygen atoms in total. The molecule has 1 aromatic rings. The average molecular weight is 262 g/mol. The van der Waals surface area contributed by atoms with Gasteiger partial charge in [-0.15, -0.1) is 0 Å². The van der Waals surface area contributed by atoms with E-state index in [2.05, 4.69) is 21.2 Å². The summed E-state index contributed by atoms with van der Waals surface area (Å²) in [4.78, 5) is 0. The molecule has 1 aliphatic rings. The number of halogens is 3. The van der Waals surface area contributed by atoms with Crippen molar-refractivity contribution in [3.63, 3.8) is 0 Å². The first-order valence-corrected chi connectivity index (χ1v) is 5.27. The molecule has 0 aliphatic carbocycles. The van der Waals surface area contributed by atoms with E-state index in [0.29, 0.717) is 6.42 Å². The van der Waals surface area contributed by atoms with Gasteiger partial charge in [-0.05, 0) is 34.0 Å². The second-order valence-electron chi connectivity index (χ2n) is 3.48. The van der Waals surface area contributed by atoms with E-state index in [-0.39, 0.29) is 13.0 Å². The molecular formula is C10H10BrF2N. The van der Waals surface area contributed by atoms with E-state index in [1.54, 1.807) is 0 Å². The fourth-order valence-electron chi connectivity index (χ4n) is 1.60. The van der Waals surface area contributed by atoms with Crippen LogP contribution in [0.1, 0.15) is 12.0 Å². The summed E-state index contributed by atoms with van der Waals surface area (Å²) < 4.78 is 27.0. The summed E-state index contributed by atoms with van der Waals surface area (Å²) in [5.41, 5.74) is 1.77. The molecule has 0 spiro atoms. The van der Waals surface area contributed by atoms with Crippen LogP contribution in [0.15, 0.2) is 22.7 Å². The van der Waals surface area contributed by atoms with Crippen LogP contribution >= 0.6 is 15.9 Å². The van der Waals surface area contributed by atoms with E-state index < -0.39 is 5.92 Å². The van der Waals surface area contributed by atoms with Gasteiger partial charge in [-0.25, -0.2) is 8.78 Å². The van der Waals surface area contributed by atoms with E-state index >= 15 is 0 Å². The van der Waals surface area contributed by atoms with Crippen molar-refractivity contribution >= 4 is 21.6 Å². The first-order valence-electron chi connectivity index (χ1n) is 4.48. The highest BCUT2D eigenvalue weighted by atomic mass is 79.9. The third kappa shape index (κ3) is 1.90. The third-order valence-electron chi connectivity index (χ3n) is 2.38. The molecule has 0 radical (unpaired) electrons. The van der Waals surface area contributed by atoms with Gasteiger partial charge in [0.2, 0.25) is 0 Å². The Morgan fingerprint density at radius 1 is 1.36 bits per heavy atom. The van der Waals surface area contributed by atoms with Gasteiger partial charge in [0, 0.05) is 10.9 Å². The van der Waals surface area contributed by atoms with Crippen molar-refractivity contribution in [1.29, 1.82) is 0 Å². The molecule has 0 unspecified atom stereocenters. The molecule has 1 N–H and O–H groups in total. The Bertz CT molecular complexity index is 352. The Kier molecular flexibility index (Phi) is 2.47. The Morgan fingerprint density at radius 2 is 2.14 bits per heavy atom. The zero-order valence-corrected chi connectivity index (χ0v) is 9.07. The van der Waals surface area contributed by atoms with Crippen molar-refractivity contribution in [2.24, 2.45) is 0 Å². The molecule has 1 aromatic carbocycles. The molecule has 0 aromatic heterocycles. The van der Waals surface area contributed by atoms with Gasteiger partial charge < -0.3 is 5.32 Å². The molecule has 2 rings (SSSR count). The largest absolute Gasteiger partial charge is 0.378 e. The van der Waals surface area contributed by atoms with E-state index in [1.807, 2.05) is 18.2 Å². The summed E-state index contributed by atoms with van der Waals surface area (Å²) in [6.45, 7) is -0.275. The van der Waals surface area contributed by atoms with Crippen LogP contribution in [-0.4, -0.2) is 12.5 Å². The molecule has 1 aliphatic heterocycles. The van der Waals surface area contributed by atoms with Gasteiger partial charge in [0.25, 0.3) is 5.92 Å². The minimum Gasteiger partial charge on any atom is -0.378 e. The topological polar surface area (TPSA) is 12.0 Å². The monoisotopic (exact) mass is 261 g/mol. The molecule has 76 valence electrons. The fourth-order valence-corrected chi connectivity index (χ4v) is 2.15. The van der Waals surface area contributed by atoms with Gasteiger partial charge in [-0.2, -0.15) is 0 Å². The smallest absolute Gasteiger partial charge is 0.265 e. The lowest BCUT2D eigenvalue weighted by atomic mass is 10.1. The Hall–Kier alpha value is -0.640. The highest BCUT2D eigenvalue weighted by Crippen LogP contribution is 2.33. The van der Waals surface area contributed by atoms with Crippen molar-refractivity contribution < 1.29 is 8.78 Å². The van der Waals surface area contributed by atoms with Crippen LogP contribution in [0.2, 0.25) is 0 Å². The molecule has 0 saturated carbocycles. The van der Waals surface area contributed by atoms with Gasteiger partial charge in [0.1, 0.15) is 0 Å². The van der Waals surface area contributed by atoms with Crippen LogP contribution in [0.25, 0.3) is 0 Å². The molecule has 0 fully saturated rings. The lowest BCUT2D eigenvalue weighted by Gasteiger charge is -2.13. The maximum atomic E-state index is 13.1. The minimum absolute atomic E-state index is 0.0799. The zero-order chi connectivity index (χ0) is 10.2. The second kappa shape index (κ2) is 3.50. The summed E-state index contributed by atoms with van der Waals surface area (Å²) in [6, 6.07) is 5.61. The molecule has 0 bridgehead atoms. The summed E-state index contributed by atoms with van der Waals surface area (Å²) >= 11 is 3.35. The normalized spacial score (nSPS) is 19.4. The van der Waals surface area contributed by atoms with E-state index in [9.17, 15) is 8.78 Å². The summed E-state index contributed by atoms with van der Waals surface area (Å²) in [5, 5.41) is 2.79. The van der Waals surface area contributed by atoms with Crippen molar-refractivity contribution in [1.82, 2.24) is 0 Å². The number of alkyl halides is 2. The molecule has 0 saturated heterocycles. The van der Waals surface area contributed by atoms with Gasteiger partial charge in [0.05, 0.1) is 12.2 Å². The van der Waals surface area contributed by atoms with Crippen LogP contribution < -0.4 is 5.32 Å². The summed E-state index contributed by atoms with van der Waals surface area (Å²) in [7, 11) is 0. The molecule has 0 atom stereocenters. The maximum absolute atomic E-state index is 13.1. The van der Waals surface area contributed by atoms with Gasteiger partial charge in [-0.1, -0.05) is 12.1 Å². The van der Waals surface area contributed by atoms with Crippen molar-refractivity contribution in [2.45, 2.75) is 18.8 Å². The van der Waals surface area contributed by atoms with E-state index in [0.717, 1.165) is 15.7 Å². The van der Waals surface area contributed by atoms with Gasteiger partial charge in [-0.3, -0.25) is 0 Å². The Balaban J connectivity index is 2.34. The van der Waals surface area contributed by atoms with Crippen LogP contribution in [-0.2, 0) is 6.42 Å². The van der Waals surface area contributed by atoms with Crippen molar-refractivity contribution in [2.75, 3.05) is 11.9 Å². The Labute approximate surface area is 89.6 Å². The lowest BCUT2D eigenvalue weighted by molar-refractivity contribution is 0.00842. The maximum Gasteiger partial charge on any atom is 0.265 e. The third-order valence-corrected chi connectivity index (χ3v) is 3.04. The number of hydrogen-bond acceptors (Lipinski definition) is 1. The predicted octanol–water partition coefficient (Wildman–Crippen LogP) is 3.44. The fraction of sp³-hybridized carbons (Fsp3) is 0.400. The van der Waals surface area contributed by atoms with E-state index in [1.165, 1.54) is 0 Å². The number of rotatable bonds is 0. The SMILES string of the molecule is FC1(F)CCc2cccc(Br)c2NC1. The van der Waals surface area contributed by atoms with Crippen LogP contribution in [0.5, 0.6) is 0 Å². The quantitative estimate of drug-likeness (QED) is 0.755. The van der Waals surface area contributed by atoms with E-state index in [4.69, 9.17) is 0 Å². The Morgan fingerprint density at radius 3 is 2.93 bits per heavy atom. The van der Waals surface area contributed by atoms with Gasteiger partial charge >= 0.3 is 0 Å². The summed E-state index contributed by atoms with van der Waals surface area (Å²) in [6.07, 6.45) is 0.345. The number of para-hydroxylation sites is 1. The van der Waals surface area contributed by atoms with Crippen molar-refractivity contribution in [3.05, 3.63) is 28.2 Å². The number of hydrogen-bond donors (Lipinski definition) is 1. The highest BCUT2D eigenvalue weighted by Gasteiger charge is 2.31. The molecule has 14 heavy (non-hydrogen) atoms. The van der Waals surface area contributed by atoms with Gasteiger partial charge in [0.15, 0.2) is 0 Å². The number of aryl methyl sites for hydroxylation is 1. The van der Waals surface area contributed by atoms with Crippen LogP contribution in [0.3, 0.4) is 0 Å². The zero-order valence-electron chi connectivity index (χ0n) is 7.49. The predicted molar refractivity (Wildman–Crippen MR) is 55.9 cm³/mol. The van der Waals surface area contributed by atoms with Crippen LogP contribution in [0.4, 0.5) is 14.5 Å². The van der Waals surface area contributed by atoms with Crippen LogP contribution in [0, 0.1) is 0 Å². The lowest BCUT2D eigenvalue weighted by Crippen LogP contribution is -2.25. The standard InChI is InChI=1S/C10H10BrF2N/c11-8-3-1-2-7-4-5-10(12,13)6-14-9(7)8/h1-3,14H,4-6H2. The summed E-state index contributed by atoms with van der Waals surface area (Å²) in [5.74, 6) is -2.60. The first kappa shape index (κ1) is 9.90. The number of benzene rings is 1. The number of anilines is 1. The highest BCUT2D eigenvalue weighted by molar-refractivity contribution is 9.10. The molecule has 1 heterocycles. The molecular weight excluding hydrogens is 252 g/mol. The first-order chi connectivity index (χ1) is 6.58. The minimum atomic E-state index is -2.60. The number of nitrogens with one attached hydrogen (secondary N) is 1. The molecule has 0 amide bonds. The molecule has 4 heteroatoms. The second-order valence-corrected chi connectivity index (χ2v) is 4.34. The average Bonchev–Trinajstić information content (AvgIpc) is 2.27. The van der Waals surface area contributed by atoms with Crippen molar-refractivity contribution in [3.8, 4) is 0 Å². The number of fused-ring (bicyclic) bond motifs is 1.